The molecule has 1 aromatic carbocycles. The van der Waals surface area contributed by atoms with Crippen LogP contribution in [0.5, 0.6) is 0 Å². The first-order valence-electron chi connectivity index (χ1n) is 5.06. The highest BCUT2D eigenvalue weighted by Crippen LogP contribution is 2.38. The van der Waals surface area contributed by atoms with Crippen LogP contribution in [0.25, 0.3) is 0 Å². The molecule has 2 amide bonds. The van der Waals surface area contributed by atoms with E-state index < -0.39 is 6.03 Å². The van der Waals surface area contributed by atoms with E-state index in [1.165, 1.54) is 17.0 Å². The molecule has 1 aromatic rings. The van der Waals surface area contributed by atoms with Crippen LogP contribution in [0.3, 0.4) is 0 Å². The highest BCUT2D eigenvalue weighted by Gasteiger charge is 2.31. The van der Waals surface area contributed by atoms with E-state index in [9.17, 15) is 9.18 Å². The van der Waals surface area contributed by atoms with Gasteiger partial charge in [-0.1, -0.05) is 15.9 Å². The van der Waals surface area contributed by atoms with Gasteiger partial charge in [0.25, 0.3) is 0 Å². The summed E-state index contributed by atoms with van der Waals surface area (Å²) in [5.41, 5.74) is 6.90. The monoisotopic (exact) mass is 286 g/mol. The SMILES string of the molecule is NC(=O)N1C[C@@H](CCBr)c2cc(F)ccc21. The third-order valence-electron chi connectivity index (χ3n) is 2.85. The van der Waals surface area contributed by atoms with Gasteiger partial charge in [0.15, 0.2) is 0 Å². The number of nitrogens with two attached hydrogens (primary N) is 1. The highest BCUT2D eigenvalue weighted by atomic mass is 79.9. The second kappa shape index (κ2) is 4.41. The van der Waals surface area contributed by atoms with Crippen LogP contribution >= 0.6 is 15.9 Å². The zero-order chi connectivity index (χ0) is 11.7. The third-order valence-corrected chi connectivity index (χ3v) is 3.30. The van der Waals surface area contributed by atoms with Crippen LogP contribution in [0.2, 0.25) is 0 Å². The average Bonchev–Trinajstić information content (AvgIpc) is 2.58. The minimum Gasteiger partial charge on any atom is -0.351 e. The molecule has 0 saturated carbocycles. The molecule has 1 aliphatic rings. The number of benzene rings is 1. The lowest BCUT2D eigenvalue weighted by Gasteiger charge is -2.14. The summed E-state index contributed by atoms with van der Waals surface area (Å²) in [4.78, 5) is 12.7. The first-order chi connectivity index (χ1) is 7.63. The number of nitrogens with zero attached hydrogens (tertiary/aromatic N) is 1. The number of urea groups is 1. The molecule has 1 aliphatic heterocycles. The van der Waals surface area contributed by atoms with Crippen molar-refractivity contribution in [1.82, 2.24) is 0 Å². The second-order valence-corrected chi connectivity index (χ2v) is 4.62. The summed E-state index contributed by atoms with van der Waals surface area (Å²) in [6, 6.07) is 3.98. The van der Waals surface area contributed by atoms with Crippen LogP contribution in [0.4, 0.5) is 14.9 Å². The molecule has 2 N–H and O–H groups in total. The van der Waals surface area contributed by atoms with Gasteiger partial charge in [-0.15, -0.1) is 0 Å². The van der Waals surface area contributed by atoms with Crippen LogP contribution in [-0.2, 0) is 0 Å². The quantitative estimate of drug-likeness (QED) is 0.835. The number of amides is 2. The minimum atomic E-state index is -0.482. The van der Waals surface area contributed by atoms with E-state index in [1.54, 1.807) is 6.07 Å². The van der Waals surface area contributed by atoms with Crippen LogP contribution in [0.1, 0.15) is 17.9 Å². The Morgan fingerprint density at radius 2 is 2.38 bits per heavy atom. The maximum Gasteiger partial charge on any atom is 0.319 e. The van der Waals surface area contributed by atoms with Crippen molar-refractivity contribution >= 4 is 27.6 Å². The Labute approximate surface area is 102 Å². The average molecular weight is 287 g/mol. The lowest BCUT2D eigenvalue weighted by Crippen LogP contribution is -2.34. The summed E-state index contributed by atoms with van der Waals surface area (Å²) in [6.07, 6.45) is 0.861. The molecule has 1 heterocycles. The number of hydrogen-bond donors (Lipinski definition) is 1. The van der Waals surface area contributed by atoms with Gasteiger partial charge in [-0.3, -0.25) is 4.90 Å². The van der Waals surface area contributed by atoms with Gasteiger partial charge in [0.1, 0.15) is 5.82 Å². The van der Waals surface area contributed by atoms with E-state index in [2.05, 4.69) is 15.9 Å². The van der Waals surface area contributed by atoms with E-state index >= 15 is 0 Å². The van der Waals surface area contributed by atoms with Gasteiger partial charge in [-0.2, -0.15) is 0 Å². The molecule has 86 valence electrons. The van der Waals surface area contributed by atoms with E-state index in [1.807, 2.05) is 0 Å². The number of halogens is 2. The maximum absolute atomic E-state index is 13.2. The number of carbonyl (C=O) groups excluding carboxylic acids is 1. The molecule has 1 atom stereocenters. The minimum absolute atomic E-state index is 0.164. The lowest BCUT2D eigenvalue weighted by molar-refractivity contribution is 0.254. The molecule has 0 spiro atoms. The Hall–Kier alpha value is -1.10. The molecular formula is C11H12BrFN2O. The molecule has 16 heavy (non-hydrogen) atoms. The first kappa shape index (κ1) is 11.4. The summed E-state index contributed by atoms with van der Waals surface area (Å²) in [5, 5.41) is 0.820. The Morgan fingerprint density at radius 3 is 3.00 bits per heavy atom. The van der Waals surface area contributed by atoms with Crippen molar-refractivity contribution in [1.29, 1.82) is 0 Å². The van der Waals surface area contributed by atoms with Crippen molar-refractivity contribution in [2.45, 2.75) is 12.3 Å². The Bertz CT molecular complexity index is 424. The third kappa shape index (κ3) is 1.91. The van der Waals surface area contributed by atoms with E-state index in [4.69, 9.17) is 5.73 Å². The molecule has 0 unspecified atom stereocenters. The summed E-state index contributed by atoms with van der Waals surface area (Å²) in [7, 11) is 0. The maximum atomic E-state index is 13.2. The number of anilines is 1. The number of alkyl halides is 1. The number of hydrogen-bond acceptors (Lipinski definition) is 1. The van der Waals surface area contributed by atoms with Crippen molar-refractivity contribution in [2.75, 3.05) is 16.8 Å². The smallest absolute Gasteiger partial charge is 0.319 e. The largest absolute Gasteiger partial charge is 0.351 e. The Kier molecular flexibility index (Phi) is 3.14. The molecule has 0 aromatic heterocycles. The fourth-order valence-electron chi connectivity index (χ4n) is 2.10. The lowest BCUT2D eigenvalue weighted by atomic mass is 9.99. The fourth-order valence-corrected chi connectivity index (χ4v) is 2.66. The summed E-state index contributed by atoms with van der Waals surface area (Å²) in [5.74, 6) is -0.109. The van der Waals surface area contributed by atoms with Crippen molar-refractivity contribution < 1.29 is 9.18 Å². The van der Waals surface area contributed by atoms with Gasteiger partial charge >= 0.3 is 6.03 Å². The van der Waals surface area contributed by atoms with Crippen LogP contribution < -0.4 is 10.6 Å². The molecule has 0 bridgehead atoms. The molecule has 0 saturated heterocycles. The Morgan fingerprint density at radius 1 is 1.62 bits per heavy atom. The fraction of sp³-hybridized carbons (Fsp3) is 0.364. The molecule has 2 rings (SSSR count). The number of rotatable bonds is 2. The van der Waals surface area contributed by atoms with Gasteiger partial charge in [0.2, 0.25) is 0 Å². The standard InChI is InChI=1S/C11H12BrFN2O/c12-4-3-7-6-15(11(14)16)10-2-1-8(13)5-9(7)10/h1-2,5,7H,3-4,6H2,(H2,14,16)/t7-/m1/s1. The van der Waals surface area contributed by atoms with Crippen molar-refractivity contribution in [3.05, 3.63) is 29.6 Å². The summed E-state index contributed by atoms with van der Waals surface area (Å²) >= 11 is 3.36. The second-order valence-electron chi connectivity index (χ2n) is 3.83. The van der Waals surface area contributed by atoms with Gasteiger partial charge < -0.3 is 5.73 Å². The van der Waals surface area contributed by atoms with Gasteiger partial charge in [-0.25, -0.2) is 9.18 Å². The molecule has 3 nitrogen and oxygen atoms in total. The molecule has 0 fully saturated rings. The van der Waals surface area contributed by atoms with Crippen LogP contribution in [0, 0.1) is 5.82 Å². The van der Waals surface area contributed by atoms with Crippen LogP contribution in [-0.4, -0.2) is 17.9 Å². The Balaban J connectivity index is 2.40. The van der Waals surface area contributed by atoms with E-state index in [0.29, 0.717) is 6.54 Å². The predicted molar refractivity (Wildman–Crippen MR) is 64.5 cm³/mol. The van der Waals surface area contributed by atoms with E-state index in [0.717, 1.165) is 23.0 Å². The molecule has 5 heteroatoms. The van der Waals surface area contributed by atoms with Crippen LogP contribution in [0.15, 0.2) is 18.2 Å². The topological polar surface area (TPSA) is 46.3 Å². The molecule has 0 aliphatic carbocycles. The normalized spacial score (nSPS) is 18.6. The highest BCUT2D eigenvalue weighted by molar-refractivity contribution is 9.09. The van der Waals surface area contributed by atoms with Crippen molar-refractivity contribution in [2.24, 2.45) is 5.73 Å². The van der Waals surface area contributed by atoms with Gasteiger partial charge in [0, 0.05) is 23.5 Å². The van der Waals surface area contributed by atoms with Crippen molar-refractivity contribution in [3.63, 3.8) is 0 Å². The zero-order valence-corrected chi connectivity index (χ0v) is 10.2. The summed E-state index contributed by atoms with van der Waals surface area (Å²) < 4.78 is 13.2. The number of primary amides is 1. The molecule has 0 radical (unpaired) electrons. The van der Waals surface area contributed by atoms with E-state index in [-0.39, 0.29) is 11.7 Å². The molecular weight excluding hydrogens is 275 g/mol. The van der Waals surface area contributed by atoms with Crippen molar-refractivity contribution in [3.8, 4) is 0 Å². The number of carbonyl (C=O) groups is 1. The van der Waals surface area contributed by atoms with Gasteiger partial charge in [-0.05, 0) is 30.2 Å². The zero-order valence-electron chi connectivity index (χ0n) is 8.62. The number of fused-ring (bicyclic) bond motifs is 1. The first-order valence-corrected chi connectivity index (χ1v) is 6.18. The van der Waals surface area contributed by atoms with Gasteiger partial charge in [0.05, 0.1) is 0 Å². The summed E-state index contributed by atoms with van der Waals surface area (Å²) in [6.45, 7) is 0.541. The predicted octanol–water partition coefficient (Wildman–Crippen LogP) is 2.59.